The van der Waals surface area contributed by atoms with Gasteiger partial charge in [-0.3, -0.25) is 0 Å². The van der Waals surface area contributed by atoms with E-state index in [1.54, 1.807) is 24.3 Å². The van der Waals surface area contributed by atoms with E-state index in [0.29, 0.717) is 5.56 Å². The Morgan fingerprint density at radius 2 is 2.20 bits per heavy atom. The van der Waals surface area contributed by atoms with Crippen LogP contribution in [0.5, 0.6) is 5.88 Å². The van der Waals surface area contributed by atoms with Crippen LogP contribution in [0, 0.1) is 11.3 Å². The molecular formula is C14H9ClN2O3. The smallest absolute Gasteiger partial charge is 0.341 e. The van der Waals surface area contributed by atoms with Crippen molar-refractivity contribution in [2.75, 3.05) is 0 Å². The quantitative estimate of drug-likeness (QED) is 0.875. The molecule has 0 saturated carbocycles. The highest BCUT2D eigenvalue weighted by molar-refractivity contribution is 6.29. The number of hydrogen-bond donors (Lipinski definition) is 1. The van der Waals surface area contributed by atoms with Gasteiger partial charge in [-0.1, -0.05) is 23.7 Å². The molecule has 5 nitrogen and oxygen atoms in total. The summed E-state index contributed by atoms with van der Waals surface area (Å²) in [6.45, 7) is 0.100. The van der Waals surface area contributed by atoms with Crippen molar-refractivity contribution in [2.45, 2.75) is 6.61 Å². The van der Waals surface area contributed by atoms with Crippen molar-refractivity contribution in [3.63, 3.8) is 0 Å². The number of halogens is 1. The Kier molecular flexibility index (Phi) is 4.18. The second-order valence-corrected chi connectivity index (χ2v) is 4.28. The number of ether oxygens (including phenoxy) is 1. The van der Waals surface area contributed by atoms with Crippen LogP contribution in [0.2, 0.25) is 5.15 Å². The van der Waals surface area contributed by atoms with Gasteiger partial charge in [0.2, 0.25) is 5.88 Å². The molecule has 0 aliphatic rings. The van der Waals surface area contributed by atoms with Gasteiger partial charge in [0.15, 0.2) is 0 Å². The summed E-state index contributed by atoms with van der Waals surface area (Å²) in [5.74, 6) is -1.19. The summed E-state index contributed by atoms with van der Waals surface area (Å²) in [6.07, 6.45) is 0. The van der Waals surface area contributed by atoms with Gasteiger partial charge in [-0.2, -0.15) is 5.26 Å². The molecule has 1 aromatic heterocycles. The fourth-order valence-electron chi connectivity index (χ4n) is 1.57. The molecule has 1 aromatic carbocycles. The van der Waals surface area contributed by atoms with Crippen LogP contribution in [0.25, 0.3) is 0 Å². The fourth-order valence-corrected chi connectivity index (χ4v) is 1.71. The molecule has 100 valence electrons. The third kappa shape index (κ3) is 3.25. The predicted octanol–water partition coefficient (Wildman–Crippen LogP) is 2.88. The Labute approximate surface area is 120 Å². The van der Waals surface area contributed by atoms with Crippen LogP contribution in [0.15, 0.2) is 36.4 Å². The minimum Gasteiger partial charge on any atom is -0.477 e. The molecular weight excluding hydrogens is 280 g/mol. The van der Waals surface area contributed by atoms with Gasteiger partial charge < -0.3 is 9.84 Å². The molecule has 0 atom stereocenters. The number of carboxylic acids is 1. The van der Waals surface area contributed by atoms with Gasteiger partial charge in [-0.15, -0.1) is 0 Å². The molecule has 6 heteroatoms. The summed E-state index contributed by atoms with van der Waals surface area (Å²) >= 11 is 5.72. The van der Waals surface area contributed by atoms with E-state index in [1.165, 1.54) is 12.1 Å². The Morgan fingerprint density at radius 1 is 1.40 bits per heavy atom. The standard InChI is InChI=1S/C14H9ClN2O3/c15-12-5-4-11(14(18)19)13(17-12)20-8-10-3-1-2-9(6-10)7-16/h1-6H,8H2,(H,18,19). The topological polar surface area (TPSA) is 83.2 Å². The average Bonchev–Trinajstić information content (AvgIpc) is 2.45. The fraction of sp³-hybridized carbons (Fsp3) is 0.0714. The minimum atomic E-state index is -1.14. The van der Waals surface area contributed by atoms with E-state index in [4.69, 9.17) is 26.7 Å². The highest BCUT2D eigenvalue weighted by atomic mass is 35.5. The van der Waals surface area contributed by atoms with E-state index in [1.807, 2.05) is 6.07 Å². The Bertz CT molecular complexity index is 695. The number of aromatic carboxylic acids is 1. The second kappa shape index (κ2) is 6.04. The normalized spacial score (nSPS) is 9.80. The van der Waals surface area contributed by atoms with Crippen molar-refractivity contribution >= 4 is 17.6 Å². The Hall–Kier alpha value is -2.58. The monoisotopic (exact) mass is 288 g/mol. The van der Waals surface area contributed by atoms with Gasteiger partial charge in [-0.05, 0) is 29.8 Å². The number of benzene rings is 1. The number of nitrogens with zero attached hydrogens (tertiary/aromatic N) is 2. The third-order valence-electron chi connectivity index (χ3n) is 2.49. The first kappa shape index (κ1) is 13.8. The van der Waals surface area contributed by atoms with E-state index in [0.717, 1.165) is 5.56 Å². The maximum Gasteiger partial charge on any atom is 0.341 e. The second-order valence-electron chi connectivity index (χ2n) is 3.89. The van der Waals surface area contributed by atoms with Crippen LogP contribution in [0.3, 0.4) is 0 Å². The van der Waals surface area contributed by atoms with Crippen LogP contribution in [0.1, 0.15) is 21.5 Å². The number of carboxylic acid groups (broad SMARTS) is 1. The van der Waals surface area contributed by atoms with Gasteiger partial charge in [0.25, 0.3) is 0 Å². The summed E-state index contributed by atoms with van der Waals surface area (Å²) in [5.41, 5.74) is 1.18. The van der Waals surface area contributed by atoms with Gasteiger partial charge >= 0.3 is 5.97 Å². The van der Waals surface area contributed by atoms with Crippen molar-refractivity contribution in [3.8, 4) is 11.9 Å². The molecule has 20 heavy (non-hydrogen) atoms. The van der Waals surface area contributed by atoms with Gasteiger partial charge in [0.05, 0.1) is 11.6 Å². The van der Waals surface area contributed by atoms with E-state index in [9.17, 15) is 4.79 Å². The maximum absolute atomic E-state index is 11.0. The third-order valence-corrected chi connectivity index (χ3v) is 2.70. The lowest BCUT2D eigenvalue weighted by Gasteiger charge is -2.08. The summed E-state index contributed by atoms with van der Waals surface area (Å²) < 4.78 is 5.38. The highest BCUT2D eigenvalue weighted by Gasteiger charge is 2.13. The number of carbonyl (C=O) groups is 1. The molecule has 0 amide bonds. The lowest BCUT2D eigenvalue weighted by Crippen LogP contribution is -2.05. The van der Waals surface area contributed by atoms with Crippen LogP contribution < -0.4 is 4.74 Å². The van der Waals surface area contributed by atoms with Crippen molar-refractivity contribution in [1.82, 2.24) is 4.98 Å². The molecule has 0 radical (unpaired) electrons. The Morgan fingerprint density at radius 3 is 2.90 bits per heavy atom. The largest absolute Gasteiger partial charge is 0.477 e. The zero-order valence-electron chi connectivity index (χ0n) is 10.2. The zero-order valence-corrected chi connectivity index (χ0v) is 11.0. The van der Waals surface area contributed by atoms with Crippen molar-refractivity contribution in [1.29, 1.82) is 5.26 Å². The number of hydrogen-bond acceptors (Lipinski definition) is 4. The van der Waals surface area contributed by atoms with Crippen LogP contribution in [-0.4, -0.2) is 16.1 Å². The van der Waals surface area contributed by atoms with E-state index in [2.05, 4.69) is 4.98 Å². The molecule has 0 fully saturated rings. The SMILES string of the molecule is N#Cc1cccc(COc2nc(Cl)ccc2C(=O)O)c1. The van der Waals surface area contributed by atoms with Crippen LogP contribution in [-0.2, 0) is 6.61 Å². The van der Waals surface area contributed by atoms with Crippen LogP contribution >= 0.6 is 11.6 Å². The molecule has 2 aromatic rings. The summed E-state index contributed by atoms with van der Waals surface area (Å²) in [6, 6.07) is 11.6. The van der Waals surface area contributed by atoms with Gasteiger partial charge in [0.1, 0.15) is 17.3 Å². The molecule has 0 aliphatic carbocycles. The number of pyridine rings is 1. The first-order valence-corrected chi connectivity index (χ1v) is 5.99. The lowest BCUT2D eigenvalue weighted by atomic mass is 10.1. The molecule has 0 saturated heterocycles. The Balaban J connectivity index is 2.20. The lowest BCUT2D eigenvalue weighted by molar-refractivity contribution is 0.0690. The molecule has 1 heterocycles. The van der Waals surface area contributed by atoms with E-state index >= 15 is 0 Å². The van der Waals surface area contributed by atoms with Crippen molar-refractivity contribution in [3.05, 3.63) is 58.2 Å². The highest BCUT2D eigenvalue weighted by Crippen LogP contribution is 2.20. The van der Waals surface area contributed by atoms with Crippen LogP contribution in [0.4, 0.5) is 0 Å². The van der Waals surface area contributed by atoms with E-state index < -0.39 is 5.97 Å². The summed E-state index contributed by atoms with van der Waals surface area (Å²) in [7, 11) is 0. The number of nitriles is 1. The average molecular weight is 289 g/mol. The summed E-state index contributed by atoms with van der Waals surface area (Å²) in [4.78, 5) is 14.9. The molecule has 0 bridgehead atoms. The van der Waals surface area contributed by atoms with Gasteiger partial charge in [0, 0.05) is 0 Å². The predicted molar refractivity (Wildman–Crippen MR) is 71.7 cm³/mol. The molecule has 0 spiro atoms. The first-order valence-electron chi connectivity index (χ1n) is 5.62. The zero-order chi connectivity index (χ0) is 14.5. The number of aromatic nitrogens is 1. The molecule has 2 rings (SSSR count). The molecule has 0 unspecified atom stereocenters. The van der Waals surface area contributed by atoms with Gasteiger partial charge in [-0.25, -0.2) is 9.78 Å². The van der Waals surface area contributed by atoms with Crippen molar-refractivity contribution < 1.29 is 14.6 Å². The van der Waals surface area contributed by atoms with Crippen molar-refractivity contribution in [2.24, 2.45) is 0 Å². The number of rotatable bonds is 4. The van der Waals surface area contributed by atoms with E-state index in [-0.39, 0.29) is 23.2 Å². The summed E-state index contributed by atoms with van der Waals surface area (Å²) in [5, 5.41) is 18.0. The maximum atomic E-state index is 11.0. The minimum absolute atomic E-state index is 0.0487. The first-order chi connectivity index (χ1) is 9.60. The molecule has 0 aliphatic heterocycles. The molecule has 1 N–H and O–H groups in total.